The molecule has 0 aliphatic heterocycles. The Kier molecular flexibility index (Phi) is 59.4. The van der Waals surface area contributed by atoms with Gasteiger partial charge in [-0.25, -0.2) is 0 Å². The minimum atomic E-state index is -0.833. The van der Waals surface area contributed by atoms with E-state index in [4.69, 9.17) is 31.3 Å². The molecule has 278 valence electrons. The summed E-state index contributed by atoms with van der Waals surface area (Å²) in [6.07, 6.45) is 46.7. The van der Waals surface area contributed by atoms with Gasteiger partial charge in [-0.05, 0) is 51.6 Å². The minimum absolute atomic E-state index is 0.833. The van der Waals surface area contributed by atoms with Crippen molar-refractivity contribution in [2.24, 2.45) is 11.5 Å². The molecule has 6 heteroatoms. The van der Waals surface area contributed by atoms with E-state index in [1.54, 1.807) is 0 Å². The number of allylic oxidation sites excluding steroid dienone is 2. The molecule has 0 aromatic rings. The number of hydrogen-bond acceptors (Lipinski definition) is 4. The van der Waals surface area contributed by atoms with Crippen LogP contribution >= 0.6 is 0 Å². The quantitative estimate of drug-likeness (QED) is 0.0434. The summed E-state index contributed by atoms with van der Waals surface area (Å²) in [4.78, 5) is 18.0. The van der Waals surface area contributed by atoms with Crippen molar-refractivity contribution in [3.05, 3.63) is 12.2 Å². The summed E-state index contributed by atoms with van der Waals surface area (Å²) in [7, 11) is 0. The molecule has 0 radical (unpaired) electrons. The number of unbranched alkanes of at least 4 members (excludes halogenated alkanes) is 27. The van der Waals surface area contributed by atoms with Gasteiger partial charge in [0.15, 0.2) is 0 Å². The standard InChI is InChI=1S/C18H39N.C18H37N.2C2H4O2/c2*1-2-3-4-5-6-7-8-9-10-11-12-13-14-15-16-17-18-19;2*1-2(3)4/h2-19H2,1H3;9-10H,2-8,11-19H2,1H3;2*1H3,(H,3,4)/b;10-9-;;. The van der Waals surface area contributed by atoms with Crippen LogP contribution in [0.5, 0.6) is 0 Å². The average Bonchev–Trinajstić information content (AvgIpc) is 3.01. The Morgan fingerprint density at radius 2 is 0.565 bits per heavy atom. The number of carbonyl (C=O) groups is 2. The van der Waals surface area contributed by atoms with E-state index in [1.807, 2.05) is 0 Å². The van der Waals surface area contributed by atoms with E-state index < -0.39 is 11.9 Å². The van der Waals surface area contributed by atoms with Gasteiger partial charge in [0, 0.05) is 13.8 Å². The summed E-state index contributed by atoms with van der Waals surface area (Å²) in [6.45, 7) is 8.47. The molecule has 0 aromatic carbocycles. The molecule has 0 heterocycles. The smallest absolute Gasteiger partial charge is 0.300 e. The van der Waals surface area contributed by atoms with Crippen LogP contribution in [0.1, 0.15) is 220 Å². The highest BCUT2D eigenvalue weighted by Crippen LogP contribution is 2.14. The maximum absolute atomic E-state index is 9.00. The third-order valence-electron chi connectivity index (χ3n) is 7.77. The number of carboxylic acid groups (broad SMARTS) is 2. The van der Waals surface area contributed by atoms with Crippen LogP contribution in [0.25, 0.3) is 0 Å². The van der Waals surface area contributed by atoms with Gasteiger partial charge < -0.3 is 21.7 Å². The summed E-state index contributed by atoms with van der Waals surface area (Å²) in [5, 5.41) is 14.8. The van der Waals surface area contributed by atoms with E-state index in [-0.39, 0.29) is 0 Å². The van der Waals surface area contributed by atoms with Crippen LogP contribution < -0.4 is 11.5 Å². The van der Waals surface area contributed by atoms with Crippen molar-refractivity contribution in [1.82, 2.24) is 0 Å². The first-order valence-corrected chi connectivity index (χ1v) is 19.7. The van der Waals surface area contributed by atoms with Gasteiger partial charge in [0.25, 0.3) is 11.9 Å². The molecule has 0 saturated heterocycles. The highest BCUT2D eigenvalue weighted by atomic mass is 16.4. The van der Waals surface area contributed by atoms with Gasteiger partial charge in [0.2, 0.25) is 0 Å². The van der Waals surface area contributed by atoms with Crippen molar-refractivity contribution in [2.75, 3.05) is 13.1 Å². The molecule has 0 amide bonds. The highest BCUT2D eigenvalue weighted by Gasteiger charge is 1.94. The van der Waals surface area contributed by atoms with Crippen LogP contribution in [0.3, 0.4) is 0 Å². The van der Waals surface area contributed by atoms with E-state index >= 15 is 0 Å². The Balaban J connectivity index is -0.000000310. The van der Waals surface area contributed by atoms with Gasteiger partial charge in [-0.3, -0.25) is 9.59 Å². The zero-order valence-electron chi connectivity index (χ0n) is 31.6. The second kappa shape index (κ2) is 53.1. The highest BCUT2D eigenvalue weighted by molar-refractivity contribution is 5.63. The third kappa shape index (κ3) is 78.7. The van der Waals surface area contributed by atoms with Gasteiger partial charge in [-0.2, -0.15) is 0 Å². The largest absolute Gasteiger partial charge is 0.481 e. The van der Waals surface area contributed by atoms with E-state index in [9.17, 15) is 0 Å². The molecule has 6 N–H and O–H groups in total. The summed E-state index contributed by atoms with van der Waals surface area (Å²) in [6, 6.07) is 0. The lowest BCUT2D eigenvalue weighted by Gasteiger charge is -2.03. The monoisotopic (exact) mass is 657 g/mol. The SMILES string of the molecule is CC(=O)O.CC(=O)O.CCCCCCCC/C=C\CCCCCCCCN.CCCCCCCCCCCCCCCCCCN. The Morgan fingerprint density at radius 1 is 0.391 bits per heavy atom. The molecule has 46 heavy (non-hydrogen) atoms. The number of carboxylic acids is 2. The van der Waals surface area contributed by atoms with Crippen LogP contribution in [0.4, 0.5) is 0 Å². The third-order valence-corrected chi connectivity index (χ3v) is 7.77. The Labute approximate surface area is 288 Å². The van der Waals surface area contributed by atoms with Crippen LogP contribution in [-0.4, -0.2) is 35.2 Å². The molecular formula is C40H84N2O4. The molecule has 0 aromatic heterocycles. The van der Waals surface area contributed by atoms with Crippen molar-refractivity contribution in [3.63, 3.8) is 0 Å². The second-order valence-electron chi connectivity index (χ2n) is 12.9. The Bertz CT molecular complexity index is 533. The van der Waals surface area contributed by atoms with Gasteiger partial charge in [0.05, 0.1) is 0 Å². The lowest BCUT2D eigenvalue weighted by atomic mass is 10.0. The van der Waals surface area contributed by atoms with E-state index in [0.717, 1.165) is 26.9 Å². The predicted molar refractivity (Wildman–Crippen MR) is 204 cm³/mol. The molecule has 0 rings (SSSR count). The number of nitrogens with two attached hydrogens (primary N) is 2. The number of rotatable bonds is 31. The zero-order chi connectivity index (χ0) is 35.2. The fraction of sp³-hybridized carbons (Fsp3) is 0.900. The number of aliphatic carboxylic acids is 2. The van der Waals surface area contributed by atoms with Gasteiger partial charge in [0.1, 0.15) is 0 Å². The topological polar surface area (TPSA) is 127 Å². The fourth-order valence-electron chi connectivity index (χ4n) is 5.08. The van der Waals surface area contributed by atoms with Gasteiger partial charge >= 0.3 is 0 Å². The Morgan fingerprint density at radius 3 is 0.761 bits per heavy atom. The molecule has 0 aliphatic carbocycles. The van der Waals surface area contributed by atoms with Crippen molar-refractivity contribution < 1.29 is 19.8 Å². The predicted octanol–water partition coefficient (Wildman–Crippen LogP) is 12.4. The molecule has 0 fully saturated rings. The molecule has 0 spiro atoms. The maximum atomic E-state index is 9.00. The maximum Gasteiger partial charge on any atom is 0.300 e. The minimum Gasteiger partial charge on any atom is -0.481 e. The first-order chi connectivity index (χ1) is 22.3. The van der Waals surface area contributed by atoms with E-state index in [2.05, 4.69) is 26.0 Å². The van der Waals surface area contributed by atoms with Crippen molar-refractivity contribution in [1.29, 1.82) is 0 Å². The molecule has 6 nitrogen and oxygen atoms in total. The Hall–Kier alpha value is -1.40. The first-order valence-electron chi connectivity index (χ1n) is 19.7. The summed E-state index contributed by atoms with van der Waals surface area (Å²) >= 11 is 0. The molecule has 0 aliphatic rings. The molecule has 0 unspecified atom stereocenters. The lowest BCUT2D eigenvalue weighted by Crippen LogP contribution is -1.97. The van der Waals surface area contributed by atoms with Crippen molar-refractivity contribution in [2.45, 2.75) is 220 Å². The van der Waals surface area contributed by atoms with E-state index in [0.29, 0.717) is 0 Å². The van der Waals surface area contributed by atoms with Gasteiger partial charge in [-0.15, -0.1) is 0 Å². The fourth-order valence-corrected chi connectivity index (χ4v) is 5.08. The molecule has 0 atom stereocenters. The summed E-state index contributed by atoms with van der Waals surface area (Å²) in [5.41, 5.74) is 11.0. The van der Waals surface area contributed by atoms with Crippen LogP contribution in [-0.2, 0) is 9.59 Å². The summed E-state index contributed by atoms with van der Waals surface area (Å²) in [5.74, 6) is -1.67. The van der Waals surface area contributed by atoms with Crippen LogP contribution in [0, 0.1) is 0 Å². The van der Waals surface area contributed by atoms with E-state index in [1.165, 1.54) is 193 Å². The summed E-state index contributed by atoms with van der Waals surface area (Å²) < 4.78 is 0. The van der Waals surface area contributed by atoms with Crippen LogP contribution in [0.15, 0.2) is 12.2 Å². The van der Waals surface area contributed by atoms with Gasteiger partial charge in [-0.1, -0.05) is 180 Å². The second-order valence-corrected chi connectivity index (χ2v) is 12.9. The van der Waals surface area contributed by atoms with Crippen molar-refractivity contribution >= 4 is 11.9 Å². The lowest BCUT2D eigenvalue weighted by molar-refractivity contribution is -0.135. The normalized spacial score (nSPS) is 10.4. The molecule has 0 bridgehead atoms. The average molecular weight is 657 g/mol. The van der Waals surface area contributed by atoms with Crippen LogP contribution in [0.2, 0.25) is 0 Å². The molecule has 0 saturated carbocycles. The van der Waals surface area contributed by atoms with Crippen molar-refractivity contribution in [3.8, 4) is 0 Å². The number of hydrogen-bond donors (Lipinski definition) is 4. The zero-order valence-corrected chi connectivity index (χ0v) is 31.6. The molecular weight excluding hydrogens is 572 g/mol. The first kappa shape index (κ1) is 51.4.